The summed E-state index contributed by atoms with van der Waals surface area (Å²) in [5.74, 6) is 0.873. The van der Waals surface area contributed by atoms with Gasteiger partial charge >= 0.3 is 6.03 Å². The Balaban J connectivity index is 1.59. The van der Waals surface area contributed by atoms with Crippen molar-refractivity contribution in [3.8, 4) is 16.9 Å². The van der Waals surface area contributed by atoms with Crippen LogP contribution >= 0.6 is 0 Å². The minimum Gasteiger partial charge on any atom is -0.489 e. The number of ether oxygens (including phenoxy) is 1. The molecule has 2 N–H and O–H groups in total. The lowest BCUT2D eigenvalue weighted by atomic mass is 10.1. The van der Waals surface area contributed by atoms with Gasteiger partial charge in [-0.3, -0.25) is 4.57 Å². The molecule has 2 aromatic heterocycles. The Hall–Kier alpha value is -2.86. The average Bonchev–Trinajstić information content (AvgIpc) is 3.05. The number of carbonyl (C=O) groups excluding carboxylic acids is 1. The average molecular weight is 350 g/mol. The standard InChI is InChI=1S/C20H22N4O2/c1-23-8-3-6-18(13-23)26-17-5-2-4-14(11-17)16-10-15-7-9-24(20(21)25)19(15)22-12-16/h2,4-5,7,9-12,18H,3,6,8,13H2,1H3,(H2,21,25). The number of pyridine rings is 1. The molecule has 134 valence electrons. The molecule has 1 unspecified atom stereocenters. The summed E-state index contributed by atoms with van der Waals surface area (Å²) < 4.78 is 7.53. The van der Waals surface area contributed by atoms with Gasteiger partial charge in [0.1, 0.15) is 17.5 Å². The SMILES string of the molecule is CN1CCCC(Oc2cccc(-c3cnc4c(ccn4C(N)=O)c3)c2)C1. The van der Waals surface area contributed by atoms with Gasteiger partial charge < -0.3 is 15.4 Å². The second-order valence-electron chi connectivity index (χ2n) is 6.83. The first kappa shape index (κ1) is 16.6. The highest BCUT2D eigenvalue weighted by Crippen LogP contribution is 2.27. The molecule has 1 fully saturated rings. The summed E-state index contributed by atoms with van der Waals surface area (Å²) >= 11 is 0. The molecule has 3 heterocycles. The van der Waals surface area contributed by atoms with Crippen LogP contribution in [0.15, 0.2) is 48.8 Å². The van der Waals surface area contributed by atoms with Crippen LogP contribution in [0, 0.1) is 0 Å². The molecule has 1 aromatic carbocycles. The fraction of sp³-hybridized carbons (Fsp3) is 0.300. The number of carbonyl (C=O) groups is 1. The topological polar surface area (TPSA) is 73.4 Å². The van der Waals surface area contributed by atoms with Crippen LogP contribution in [0.4, 0.5) is 4.79 Å². The number of rotatable bonds is 3. The van der Waals surface area contributed by atoms with Gasteiger partial charge in [0, 0.05) is 29.9 Å². The predicted octanol–water partition coefficient (Wildman–Crippen LogP) is 3.10. The van der Waals surface area contributed by atoms with E-state index >= 15 is 0 Å². The molecule has 0 aliphatic carbocycles. The zero-order chi connectivity index (χ0) is 18.1. The number of amides is 1. The summed E-state index contributed by atoms with van der Waals surface area (Å²) in [5.41, 5.74) is 7.94. The van der Waals surface area contributed by atoms with Crippen LogP contribution in [0.2, 0.25) is 0 Å². The number of hydrogen-bond donors (Lipinski definition) is 1. The summed E-state index contributed by atoms with van der Waals surface area (Å²) in [6, 6.07) is 11.4. The number of nitrogens with two attached hydrogens (primary N) is 1. The molecule has 0 saturated carbocycles. The normalized spacial score (nSPS) is 18.1. The first-order chi connectivity index (χ1) is 12.6. The third kappa shape index (κ3) is 3.28. The first-order valence-corrected chi connectivity index (χ1v) is 8.83. The predicted molar refractivity (Wildman–Crippen MR) is 101 cm³/mol. The van der Waals surface area contributed by atoms with E-state index in [1.54, 1.807) is 12.4 Å². The van der Waals surface area contributed by atoms with Gasteiger partial charge in [-0.2, -0.15) is 0 Å². The van der Waals surface area contributed by atoms with Crippen LogP contribution < -0.4 is 10.5 Å². The first-order valence-electron chi connectivity index (χ1n) is 8.83. The van der Waals surface area contributed by atoms with E-state index in [1.807, 2.05) is 36.4 Å². The number of piperidine rings is 1. The summed E-state index contributed by atoms with van der Waals surface area (Å²) in [6.45, 7) is 2.09. The Morgan fingerprint density at radius 2 is 2.15 bits per heavy atom. The van der Waals surface area contributed by atoms with Crippen molar-refractivity contribution in [1.82, 2.24) is 14.5 Å². The Morgan fingerprint density at radius 1 is 1.27 bits per heavy atom. The second-order valence-corrected chi connectivity index (χ2v) is 6.83. The van der Waals surface area contributed by atoms with Crippen LogP contribution in [0.3, 0.4) is 0 Å². The van der Waals surface area contributed by atoms with E-state index in [1.165, 1.54) is 4.57 Å². The highest BCUT2D eigenvalue weighted by atomic mass is 16.5. The van der Waals surface area contributed by atoms with Crippen molar-refractivity contribution in [2.24, 2.45) is 5.73 Å². The van der Waals surface area contributed by atoms with Crippen molar-refractivity contribution >= 4 is 17.1 Å². The molecular formula is C20H22N4O2. The van der Waals surface area contributed by atoms with E-state index in [2.05, 4.69) is 16.9 Å². The molecule has 3 aromatic rings. The molecule has 1 saturated heterocycles. The highest BCUT2D eigenvalue weighted by molar-refractivity contribution is 5.90. The van der Waals surface area contributed by atoms with Gasteiger partial charge in [0.2, 0.25) is 0 Å². The van der Waals surface area contributed by atoms with Crippen LogP contribution in [0.1, 0.15) is 12.8 Å². The summed E-state index contributed by atoms with van der Waals surface area (Å²) in [7, 11) is 2.13. The minimum atomic E-state index is -0.534. The Morgan fingerprint density at radius 3 is 2.96 bits per heavy atom. The van der Waals surface area contributed by atoms with E-state index < -0.39 is 6.03 Å². The van der Waals surface area contributed by atoms with Gasteiger partial charge in [0.05, 0.1) is 0 Å². The van der Waals surface area contributed by atoms with Crippen molar-refractivity contribution in [2.45, 2.75) is 18.9 Å². The van der Waals surface area contributed by atoms with Crippen molar-refractivity contribution in [3.63, 3.8) is 0 Å². The van der Waals surface area contributed by atoms with Crippen molar-refractivity contribution in [3.05, 3.63) is 48.8 Å². The molecule has 6 heteroatoms. The lowest BCUT2D eigenvalue weighted by Crippen LogP contribution is -2.38. The van der Waals surface area contributed by atoms with Gasteiger partial charge in [-0.1, -0.05) is 12.1 Å². The fourth-order valence-corrected chi connectivity index (χ4v) is 3.52. The highest BCUT2D eigenvalue weighted by Gasteiger charge is 2.18. The zero-order valence-electron chi connectivity index (χ0n) is 14.8. The Labute approximate surface area is 152 Å². The molecule has 6 nitrogen and oxygen atoms in total. The van der Waals surface area contributed by atoms with Crippen LogP contribution in [-0.4, -0.2) is 46.7 Å². The monoisotopic (exact) mass is 350 g/mol. The maximum absolute atomic E-state index is 11.4. The number of primary amides is 1. The van der Waals surface area contributed by atoms with E-state index in [9.17, 15) is 4.79 Å². The van der Waals surface area contributed by atoms with E-state index in [-0.39, 0.29) is 6.10 Å². The molecule has 26 heavy (non-hydrogen) atoms. The molecule has 1 amide bonds. The molecule has 0 radical (unpaired) electrons. The maximum Gasteiger partial charge on any atom is 0.324 e. The quantitative estimate of drug-likeness (QED) is 0.788. The third-order valence-corrected chi connectivity index (χ3v) is 4.82. The smallest absolute Gasteiger partial charge is 0.324 e. The van der Waals surface area contributed by atoms with Gasteiger partial charge in [-0.25, -0.2) is 9.78 Å². The van der Waals surface area contributed by atoms with Crippen molar-refractivity contribution < 1.29 is 9.53 Å². The van der Waals surface area contributed by atoms with Crippen LogP contribution in [0.5, 0.6) is 5.75 Å². The molecule has 0 bridgehead atoms. The number of nitrogens with zero attached hydrogens (tertiary/aromatic N) is 3. The van der Waals surface area contributed by atoms with Gasteiger partial charge in [0.15, 0.2) is 0 Å². The fourth-order valence-electron chi connectivity index (χ4n) is 3.52. The van der Waals surface area contributed by atoms with Gasteiger partial charge in [0.25, 0.3) is 0 Å². The molecular weight excluding hydrogens is 328 g/mol. The Bertz CT molecular complexity index is 950. The minimum absolute atomic E-state index is 0.231. The summed E-state index contributed by atoms with van der Waals surface area (Å²) in [6.07, 6.45) is 5.88. The molecule has 1 aliphatic heterocycles. The molecule has 1 aliphatic rings. The third-order valence-electron chi connectivity index (χ3n) is 4.82. The maximum atomic E-state index is 11.4. The van der Waals surface area contributed by atoms with E-state index in [0.29, 0.717) is 5.65 Å². The van der Waals surface area contributed by atoms with Gasteiger partial charge in [-0.05, 0) is 56.3 Å². The number of fused-ring (bicyclic) bond motifs is 1. The number of hydrogen-bond acceptors (Lipinski definition) is 4. The number of likely N-dealkylation sites (N-methyl/N-ethyl adjacent to an activating group) is 1. The number of likely N-dealkylation sites (tertiary alicyclic amines) is 1. The largest absolute Gasteiger partial charge is 0.489 e. The molecule has 4 rings (SSSR count). The number of aromatic nitrogens is 2. The van der Waals surface area contributed by atoms with E-state index in [0.717, 1.165) is 48.2 Å². The second kappa shape index (κ2) is 6.80. The Kier molecular flexibility index (Phi) is 4.34. The van der Waals surface area contributed by atoms with Crippen LogP contribution in [0.25, 0.3) is 22.2 Å². The lowest BCUT2D eigenvalue weighted by molar-refractivity contribution is 0.104. The number of benzene rings is 1. The molecule has 1 atom stereocenters. The molecule has 0 spiro atoms. The van der Waals surface area contributed by atoms with Crippen molar-refractivity contribution in [1.29, 1.82) is 0 Å². The summed E-state index contributed by atoms with van der Waals surface area (Å²) in [5, 5.41) is 0.876. The van der Waals surface area contributed by atoms with Crippen molar-refractivity contribution in [2.75, 3.05) is 20.1 Å². The lowest BCUT2D eigenvalue weighted by Gasteiger charge is -2.30. The summed E-state index contributed by atoms with van der Waals surface area (Å²) in [4.78, 5) is 18.1. The van der Waals surface area contributed by atoms with Crippen LogP contribution in [-0.2, 0) is 0 Å². The zero-order valence-corrected chi connectivity index (χ0v) is 14.8. The van der Waals surface area contributed by atoms with Gasteiger partial charge in [-0.15, -0.1) is 0 Å². The van der Waals surface area contributed by atoms with E-state index in [4.69, 9.17) is 10.5 Å².